The van der Waals surface area contributed by atoms with Gasteiger partial charge in [0.1, 0.15) is 6.17 Å². The van der Waals surface area contributed by atoms with Crippen LogP contribution < -0.4 is 0 Å². The van der Waals surface area contributed by atoms with Crippen molar-refractivity contribution in [3.8, 4) is 12.1 Å². The number of hydrogen-bond donors (Lipinski definition) is 0. The first-order valence-corrected chi connectivity index (χ1v) is 3.05. The second kappa shape index (κ2) is 3.83. The van der Waals surface area contributed by atoms with Gasteiger partial charge in [-0.05, 0) is 0 Å². The fraction of sp³-hybridized carbons (Fsp3) is 0.667. The van der Waals surface area contributed by atoms with Gasteiger partial charge in [0.15, 0.2) is 0 Å². The van der Waals surface area contributed by atoms with Crippen molar-refractivity contribution in [3.05, 3.63) is 0 Å². The average molecular weight is 244 g/mol. The summed E-state index contributed by atoms with van der Waals surface area (Å²) < 4.78 is 106. The molecular weight excluding hydrogens is 243 g/mol. The molecule has 88 valence electrons. The van der Waals surface area contributed by atoms with Crippen LogP contribution in [0.2, 0.25) is 0 Å². The van der Waals surface area contributed by atoms with Crippen LogP contribution in [0.1, 0.15) is 0 Å². The Bertz CT molecular complexity index is 281. The van der Waals surface area contributed by atoms with Crippen LogP contribution in [-0.4, -0.2) is 24.2 Å². The van der Waals surface area contributed by atoms with E-state index in [0.29, 0.717) is 0 Å². The second-order valence-corrected chi connectivity index (χ2v) is 2.29. The lowest BCUT2D eigenvalue weighted by atomic mass is 10.1. The molecule has 0 aromatic carbocycles. The Morgan fingerprint density at radius 3 is 1.53 bits per heavy atom. The van der Waals surface area contributed by atoms with Crippen LogP contribution in [0.4, 0.5) is 39.5 Å². The van der Waals surface area contributed by atoms with Crippen LogP contribution in [-0.2, 0) is 0 Å². The van der Waals surface area contributed by atoms with Gasteiger partial charge in [0.25, 0.3) is 0 Å². The lowest BCUT2D eigenvalue weighted by molar-refractivity contribution is -0.322. The smallest absolute Gasteiger partial charge is 0.203 e. The molecule has 0 atom stereocenters. The zero-order valence-corrected chi connectivity index (χ0v) is 6.48. The predicted octanol–water partition coefficient (Wildman–Crippen LogP) is 3.09. The lowest BCUT2D eigenvalue weighted by Gasteiger charge is -2.28. The summed E-state index contributed by atoms with van der Waals surface area (Å²) in [6.07, 6.45) is -5.26. The van der Waals surface area contributed by atoms with Crippen LogP contribution in [0.5, 0.6) is 0 Å². The summed E-state index contributed by atoms with van der Waals surface area (Å²) in [5.74, 6) is -18.8. The van der Waals surface area contributed by atoms with Crippen molar-refractivity contribution < 1.29 is 39.5 Å². The van der Waals surface area contributed by atoms with Crippen LogP contribution in [0, 0.1) is 12.1 Å². The van der Waals surface area contributed by atoms with E-state index in [1.165, 1.54) is 0 Å². The molecular formula is C6HF9. The van der Waals surface area contributed by atoms with Crippen molar-refractivity contribution in [2.24, 2.45) is 0 Å². The Morgan fingerprint density at radius 1 is 0.867 bits per heavy atom. The van der Waals surface area contributed by atoms with E-state index in [1.54, 1.807) is 0 Å². The molecule has 0 amide bonds. The van der Waals surface area contributed by atoms with E-state index in [0.717, 1.165) is 0 Å². The SMILES string of the molecule is FC#CC(F)(F)C(F)(F)C(F)(F)C(F)F. The number of hydrogen-bond acceptors (Lipinski definition) is 0. The first kappa shape index (κ1) is 13.9. The van der Waals surface area contributed by atoms with Crippen molar-refractivity contribution >= 4 is 0 Å². The highest BCUT2D eigenvalue weighted by Gasteiger charge is 2.75. The van der Waals surface area contributed by atoms with Gasteiger partial charge in [-0.2, -0.15) is 26.3 Å². The maximum atomic E-state index is 12.2. The van der Waals surface area contributed by atoms with E-state index >= 15 is 0 Å². The first-order valence-electron chi connectivity index (χ1n) is 3.05. The Kier molecular flexibility index (Phi) is 3.55. The zero-order chi connectivity index (χ0) is 12.5. The van der Waals surface area contributed by atoms with Gasteiger partial charge >= 0.3 is 24.2 Å². The van der Waals surface area contributed by atoms with Gasteiger partial charge in [0, 0.05) is 5.92 Å². The van der Waals surface area contributed by atoms with E-state index in [4.69, 9.17) is 0 Å². The minimum atomic E-state index is -6.47. The number of halogens is 9. The van der Waals surface area contributed by atoms with E-state index in [-0.39, 0.29) is 12.1 Å². The molecule has 0 nitrogen and oxygen atoms in total. The minimum absolute atomic E-state index is 0.190. The predicted molar refractivity (Wildman–Crippen MR) is 29.7 cm³/mol. The summed E-state index contributed by atoms with van der Waals surface area (Å²) in [6, 6.07) is 0. The Balaban J connectivity index is 5.36. The van der Waals surface area contributed by atoms with Gasteiger partial charge < -0.3 is 0 Å². The molecule has 0 aliphatic rings. The maximum Gasteiger partial charge on any atom is 0.389 e. The molecule has 0 unspecified atom stereocenters. The molecule has 15 heavy (non-hydrogen) atoms. The van der Waals surface area contributed by atoms with Crippen molar-refractivity contribution in [2.75, 3.05) is 0 Å². The van der Waals surface area contributed by atoms with E-state index < -0.39 is 24.2 Å². The molecule has 9 heteroatoms. The van der Waals surface area contributed by atoms with Crippen molar-refractivity contribution in [1.29, 1.82) is 0 Å². The van der Waals surface area contributed by atoms with Gasteiger partial charge in [-0.15, -0.1) is 4.39 Å². The molecule has 0 fully saturated rings. The van der Waals surface area contributed by atoms with Gasteiger partial charge in [-0.25, -0.2) is 8.78 Å². The Labute approximate surface area is 77.1 Å². The fourth-order valence-electron chi connectivity index (χ4n) is 0.484. The molecule has 0 N–H and O–H groups in total. The topological polar surface area (TPSA) is 0 Å². The average Bonchev–Trinajstić information content (AvgIpc) is 2.02. The molecule has 0 rings (SSSR count). The maximum absolute atomic E-state index is 12.2. The summed E-state index contributed by atoms with van der Waals surface area (Å²) in [4.78, 5) is 0. The monoisotopic (exact) mass is 244 g/mol. The molecule has 0 heterocycles. The van der Waals surface area contributed by atoms with Crippen LogP contribution >= 0.6 is 0 Å². The molecule has 0 aromatic rings. The van der Waals surface area contributed by atoms with Crippen molar-refractivity contribution in [3.63, 3.8) is 0 Å². The third-order valence-electron chi connectivity index (χ3n) is 1.29. The van der Waals surface area contributed by atoms with Crippen molar-refractivity contribution in [2.45, 2.75) is 24.2 Å². The molecule has 0 saturated carbocycles. The molecule has 0 saturated heterocycles. The van der Waals surface area contributed by atoms with Gasteiger partial charge in [-0.3, -0.25) is 0 Å². The molecule has 0 bridgehead atoms. The summed E-state index contributed by atoms with van der Waals surface area (Å²) in [5, 5.41) is 0. The first-order chi connectivity index (χ1) is 6.50. The molecule has 0 aromatic heterocycles. The van der Waals surface area contributed by atoms with Gasteiger partial charge in [0.05, 0.1) is 0 Å². The summed E-state index contributed by atoms with van der Waals surface area (Å²) in [6.45, 7) is 0. The number of rotatable bonds is 3. The second-order valence-electron chi connectivity index (χ2n) is 2.29. The van der Waals surface area contributed by atoms with E-state index in [1.807, 2.05) is 0 Å². The standard InChI is InChI=1S/C6HF9/c7-2-1-4(10,11)6(14,15)5(12,13)3(8)9/h3H. The number of alkyl halides is 8. The highest BCUT2D eigenvalue weighted by atomic mass is 19.4. The molecule has 0 aliphatic carbocycles. The molecule has 0 spiro atoms. The lowest BCUT2D eigenvalue weighted by Crippen LogP contribution is -2.56. The highest BCUT2D eigenvalue weighted by Crippen LogP contribution is 2.48. The van der Waals surface area contributed by atoms with Gasteiger partial charge in [0.2, 0.25) is 0 Å². The van der Waals surface area contributed by atoms with Crippen LogP contribution in [0.15, 0.2) is 0 Å². The third kappa shape index (κ3) is 2.13. The fourth-order valence-corrected chi connectivity index (χ4v) is 0.484. The summed E-state index contributed by atoms with van der Waals surface area (Å²) in [7, 11) is 0. The van der Waals surface area contributed by atoms with E-state index in [9.17, 15) is 39.5 Å². The zero-order valence-electron chi connectivity index (χ0n) is 6.48. The van der Waals surface area contributed by atoms with E-state index in [2.05, 4.69) is 0 Å². The summed E-state index contributed by atoms with van der Waals surface area (Å²) >= 11 is 0. The van der Waals surface area contributed by atoms with Gasteiger partial charge in [-0.1, -0.05) is 0 Å². The minimum Gasteiger partial charge on any atom is -0.203 e. The van der Waals surface area contributed by atoms with Crippen LogP contribution in [0.25, 0.3) is 0 Å². The quantitative estimate of drug-likeness (QED) is 0.528. The summed E-state index contributed by atoms with van der Waals surface area (Å²) in [5.41, 5.74) is 0. The third-order valence-corrected chi connectivity index (χ3v) is 1.29. The Hall–Kier alpha value is -1.07. The molecule has 0 radical (unpaired) electrons. The molecule has 0 aliphatic heterocycles. The van der Waals surface area contributed by atoms with Crippen molar-refractivity contribution in [1.82, 2.24) is 0 Å². The normalized spacial score (nSPS) is 13.7. The Morgan fingerprint density at radius 2 is 1.27 bits per heavy atom. The highest BCUT2D eigenvalue weighted by molar-refractivity contribution is 5.15. The van der Waals surface area contributed by atoms with Crippen LogP contribution in [0.3, 0.4) is 0 Å². The largest absolute Gasteiger partial charge is 0.389 e.